The monoisotopic (exact) mass is 282 g/mol. The number of ether oxygens (including phenoxy) is 2. The molecule has 1 aromatic carbocycles. The molecule has 0 aliphatic heterocycles. The molecule has 4 heteroatoms. The number of methoxy groups -OCH3 is 1. The molecule has 0 amide bonds. The fourth-order valence-electron chi connectivity index (χ4n) is 2.19. The number of hydrogen-bond acceptors (Lipinski definition) is 4. The minimum absolute atomic E-state index is 0.345. The van der Waals surface area contributed by atoms with Crippen LogP contribution in [0, 0.1) is 32.1 Å². The lowest BCUT2D eigenvalue weighted by Gasteiger charge is -2.14. The van der Waals surface area contributed by atoms with Crippen molar-refractivity contribution < 1.29 is 9.47 Å². The Morgan fingerprint density at radius 2 is 1.95 bits per heavy atom. The molecule has 4 nitrogen and oxygen atoms in total. The zero-order valence-corrected chi connectivity index (χ0v) is 12.7. The Morgan fingerprint density at radius 3 is 2.62 bits per heavy atom. The van der Waals surface area contributed by atoms with Crippen LogP contribution in [0.25, 0.3) is 0 Å². The van der Waals surface area contributed by atoms with Gasteiger partial charge in [0.25, 0.3) is 0 Å². The lowest BCUT2D eigenvalue weighted by Crippen LogP contribution is -2.04. The van der Waals surface area contributed by atoms with Gasteiger partial charge < -0.3 is 9.47 Å². The van der Waals surface area contributed by atoms with Crippen LogP contribution in [0.3, 0.4) is 0 Å². The minimum atomic E-state index is 0.345. The van der Waals surface area contributed by atoms with Crippen molar-refractivity contribution in [3.05, 3.63) is 52.3 Å². The molecule has 0 saturated heterocycles. The van der Waals surface area contributed by atoms with Gasteiger partial charge in [0.15, 0.2) is 0 Å². The van der Waals surface area contributed by atoms with E-state index in [-0.39, 0.29) is 0 Å². The normalized spacial score (nSPS) is 10.0. The largest absolute Gasteiger partial charge is 0.496 e. The average molecular weight is 282 g/mol. The quantitative estimate of drug-likeness (QED) is 0.861. The van der Waals surface area contributed by atoms with Crippen LogP contribution in [0.15, 0.2) is 24.4 Å². The van der Waals surface area contributed by atoms with Gasteiger partial charge in [-0.2, -0.15) is 5.26 Å². The summed E-state index contributed by atoms with van der Waals surface area (Å²) in [6.45, 7) is 6.23. The Morgan fingerprint density at radius 1 is 1.19 bits per heavy atom. The number of hydrogen-bond donors (Lipinski definition) is 0. The second kappa shape index (κ2) is 6.27. The van der Waals surface area contributed by atoms with Gasteiger partial charge in [-0.3, -0.25) is 4.98 Å². The van der Waals surface area contributed by atoms with Crippen molar-refractivity contribution in [3.8, 4) is 17.6 Å². The van der Waals surface area contributed by atoms with E-state index in [1.165, 1.54) is 0 Å². The van der Waals surface area contributed by atoms with Gasteiger partial charge in [0.2, 0.25) is 0 Å². The van der Waals surface area contributed by atoms with Crippen molar-refractivity contribution >= 4 is 0 Å². The van der Waals surface area contributed by atoms with Gasteiger partial charge in [-0.25, -0.2) is 0 Å². The maximum Gasteiger partial charge on any atom is 0.131 e. The molecular weight excluding hydrogens is 264 g/mol. The molecule has 1 aromatic heterocycles. The van der Waals surface area contributed by atoms with Crippen LogP contribution in [0.2, 0.25) is 0 Å². The van der Waals surface area contributed by atoms with Crippen LogP contribution >= 0.6 is 0 Å². The molecule has 108 valence electrons. The number of nitriles is 1. The molecule has 0 N–H and O–H groups in total. The first-order chi connectivity index (χ1) is 10.1. The summed E-state index contributed by atoms with van der Waals surface area (Å²) in [6.07, 6.45) is 1.78. The van der Waals surface area contributed by atoms with Crippen LogP contribution in [-0.4, -0.2) is 12.1 Å². The molecular formula is C17H18N2O2. The van der Waals surface area contributed by atoms with E-state index in [9.17, 15) is 0 Å². The summed E-state index contributed by atoms with van der Waals surface area (Å²) in [4.78, 5) is 4.40. The Hall–Kier alpha value is -2.54. The van der Waals surface area contributed by atoms with Crippen molar-refractivity contribution in [2.45, 2.75) is 27.4 Å². The Kier molecular flexibility index (Phi) is 4.44. The van der Waals surface area contributed by atoms with Gasteiger partial charge in [0.05, 0.1) is 24.4 Å². The highest BCUT2D eigenvalue weighted by molar-refractivity contribution is 5.43. The highest BCUT2D eigenvalue weighted by Crippen LogP contribution is 2.26. The number of aromatic nitrogens is 1. The van der Waals surface area contributed by atoms with Gasteiger partial charge >= 0.3 is 0 Å². The molecule has 2 rings (SSSR count). The topological polar surface area (TPSA) is 55.1 Å². The third-order valence-electron chi connectivity index (χ3n) is 3.43. The van der Waals surface area contributed by atoms with Gasteiger partial charge in [-0.15, -0.1) is 0 Å². The smallest absolute Gasteiger partial charge is 0.131 e. The second-order valence-electron chi connectivity index (χ2n) is 4.93. The fraction of sp³-hybridized carbons (Fsp3) is 0.294. The van der Waals surface area contributed by atoms with Crippen molar-refractivity contribution in [3.63, 3.8) is 0 Å². The summed E-state index contributed by atoms with van der Waals surface area (Å²) in [6, 6.07) is 7.52. The van der Waals surface area contributed by atoms with E-state index in [1.807, 2.05) is 26.8 Å². The third-order valence-corrected chi connectivity index (χ3v) is 3.43. The maximum absolute atomic E-state index is 8.95. The predicted molar refractivity (Wildman–Crippen MR) is 80.5 cm³/mol. The van der Waals surface area contributed by atoms with E-state index >= 15 is 0 Å². The van der Waals surface area contributed by atoms with E-state index in [4.69, 9.17) is 14.7 Å². The molecule has 2 aromatic rings. The van der Waals surface area contributed by atoms with E-state index in [0.717, 1.165) is 28.1 Å². The summed E-state index contributed by atoms with van der Waals surface area (Å²) < 4.78 is 11.2. The summed E-state index contributed by atoms with van der Waals surface area (Å²) >= 11 is 0. The van der Waals surface area contributed by atoms with Crippen LogP contribution in [0.4, 0.5) is 0 Å². The van der Waals surface area contributed by atoms with Gasteiger partial charge in [-0.05, 0) is 38.5 Å². The van der Waals surface area contributed by atoms with E-state index < -0.39 is 0 Å². The molecule has 1 heterocycles. The number of nitrogens with zero attached hydrogens (tertiary/aromatic N) is 2. The molecule has 0 aliphatic carbocycles. The van der Waals surface area contributed by atoms with Gasteiger partial charge in [0, 0.05) is 17.3 Å². The molecule has 0 fully saturated rings. The summed E-state index contributed by atoms with van der Waals surface area (Å²) in [5.41, 5.74) is 4.39. The first-order valence-corrected chi connectivity index (χ1v) is 6.69. The highest BCUT2D eigenvalue weighted by Gasteiger charge is 2.10. The molecule has 0 saturated carbocycles. The SMILES string of the molecule is COc1c(C)cnc(COc2cc(C#N)ccc2C)c1C. The molecule has 0 unspecified atom stereocenters. The zero-order chi connectivity index (χ0) is 15.4. The van der Waals surface area contributed by atoms with Crippen LogP contribution in [-0.2, 0) is 6.61 Å². The predicted octanol–water partition coefficient (Wildman–Crippen LogP) is 3.47. The molecule has 0 aliphatic rings. The zero-order valence-electron chi connectivity index (χ0n) is 12.7. The number of benzene rings is 1. The maximum atomic E-state index is 8.95. The van der Waals surface area contributed by atoms with Gasteiger partial charge in [0.1, 0.15) is 18.1 Å². The van der Waals surface area contributed by atoms with E-state index in [2.05, 4.69) is 11.1 Å². The van der Waals surface area contributed by atoms with Crippen molar-refractivity contribution in [2.75, 3.05) is 7.11 Å². The Bertz CT molecular complexity index is 703. The number of aryl methyl sites for hydroxylation is 2. The second-order valence-corrected chi connectivity index (χ2v) is 4.93. The first-order valence-electron chi connectivity index (χ1n) is 6.69. The fourth-order valence-corrected chi connectivity index (χ4v) is 2.19. The molecule has 0 bridgehead atoms. The van der Waals surface area contributed by atoms with Gasteiger partial charge in [-0.1, -0.05) is 6.07 Å². The summed E-state index contributed by atoms with van der Waals surface area (Å²) in [5, 5.41) is 8.95. The van der Waals surface area contributed by atoms with E-state index in [1.54, 1.807) is 25.4 Å². The van der Waals surface area contributed by atoms with Crippen molar-refractivity contribution in [2.24, 2.45) is 0 Å². The Balaban J connectivity index is 2.23. The molecule has 21 heavy (non-hydrogen) atoms. The summed E-state index contributed by atoms with van der Waals surface area (Å²) in [7, 11) is 1.65. The third kappa shape index (κ3) is 3.14. The van der Waals surface area contributed by atoms with Crippen LogP contribution in [0.5, 0.6) is 11.5 Å². The van der Waals surface area contributed by atoms with Crippen molar-refractivity contribution in [1.29, 1.82) is 5.26 Å². The average Bonchev–Trinajstić information content (AvgIpc) is 2.48. The number of rotatable bonds is 4. The van der Waals surface area contributed by atoms with E-state index in [0.29, 0.717) is 17.9 Å². The lowest BCUT2D eigenvalue weighted by molar-refractivity contribution is 0.296. The van der Waals surface area contributed by atoms with Crippen LogP contribution in [0.1, 0.15) is 27.9 Å². The first kappa shape index (κ1) is 14.9. The minimum Gasteiger partial charge on any atom is -0.496 e. The standard InChI is InChI=1S/C17H18N2O2/c1-11-5-6-14(8-18)7-16(11)21-10-15-13(3)17(20-4)12(2)9-19-15/h5-7,9H,10H2,1-4H3. The van der Waals surface area contributed by atoms with Crippen LogP contribution < -0.4 is 9.47 Å². The highest BCUT2D eigenvalue weighted by atomic mass is 16.5. The Labute approximate surface area is 125 Å². The molecule has 0 spiro atoms. The van der Waals surface area contributed by atoms with Crippen molar-refractivity contribution in [1.82, 2.24) is 4.98 Å². The molecule has 0 atom stereocenters. The molecule has 0 radical (unpaired) electrons. The lowest BCUT2D eigenvalue weighted by atomic mass is 10.1. The summed E-state index contributed by atoms with van der Waals surface area (Å²) in [5.74, 6) is 1.54. The number of pyridine rings is 1.